The number of nitrogens with two attached hydrogens (primary N) is 1. The van der Waals surface area contributed by atoms with E-state index in [2.05, 4.69) is 30.9 Å². The van der Waals surface area contributed by atoms with Crippen LogP contribution in [0.15, 0.2) is 18.2 Å². The number of hydrogen-bond acceptors (Lipinski definition) is 3. The molecule has 1 aromatic rings. The van der Waals surface area contributed by atoms with E-state index in [1.54, 1.807) is 4.90 Å². The van der Waals surface area contributed by atoms with Gasteiger partial charge in [0.25, 0.3) is 0 Å². The van der Waals surface area contributed by atoms with Crippen molar-refractivity contribution < 1.29 is 4.79 Å². The lowest BCUT2D eigenvalue weighted by atomic mass is 10.1. The van der Waals surface area contributed by atoms with E-state index < -0.39 is 6.04 Å². The number of anilines is 2. The molecule has 0 aliphatic carbocycles. The first kappa shape index (κ1) is 13.4. The Morgan fingerprint density at radius 2 is 2.10 bits per heavy atom. The zero-order valence-corrected chi connectivity index (χ0v) is 12.5. The standard InChI is InChI=1S/C16H23N3O/c1-4-11-6-5-10(2)19(11)12-7-8-13-14(9-12)18(3)16(20)15(13)17/h7-11,15H,4-6,17H2,1-3H3. The van der Waals surface area contributed by atoms with Crippen LogP contribution >= 0.6 is 0 Å². The van der Waals surface area contributed by atoms with Gasteiger partial charge in [0.15, 0.2) is 0 Å². The molecule has 1 saturated heterocycles. The molecule has 2 N–H and O–H groups in total. The smallest absolute Gasteiger partial charge is 0.248 e. The Kier molecular flexibility index (Phi) is 3.21. The Morgan fingerprint density at radius 1 is 1.35 bits per heavy atom. The second-order valence-corrected chi connectivity index (χ2v) is 6.01. The quantitative estimate of drug-likeness (QED) is 0.900. The summed E-state index contributed by atoms with van der Waals surface area (Å²) < 4.78 is 0. The van der Waals surface area contributed by atoms with Crippen LogP contribution in [0, 0.1) is 0 Å². The van der Waals surface area contributed by atoms with Crippen molar-refractivity contribution in [2.45, 2.75) is 51.2 Å². The van der Waals surface area contributed by atoms with Gasteiger partial charge < -0.3 is 15.5 Å². The Hall–Kier alpha value is -1.55. The largest absolute Gasteiger partial charge is 0.366 e. The highest BCUT2D eigenvalue weighted by atomic mass is 16.2. The molecule has 20 heavy (non-hydrogen) atoms. The van der Waals surface area contributed by atoms with Crippen molar-refractivity contribution in [2.75, 3.05) is 16.8 Å². The first-order chi connectivity index (χ1) is 9.54. The molecule has 0 bridgehead atoms. The van der Waals surface area contributed by atoms with E-state index in [9.17, 15) is 4.79 Å². The van der Waals surface area contributed by atoms with Gasteiger partial charge in [-0.15, -0.1) is 0 Å². The van der Waals surface area contributed by atoms with Crippen molar-refractivity contribution >= 4 is 17.3 Å². The third-order valence-electron chi connectivity index (χ3n) is 4.86. The third-order valence-corrected chi connectivity index (χ3v) is 4.86. The van der Waals surface area contributed by atoms with Gasteiger partial charge in [-0.25, -0.2) is 0 Å². The second-order valence-electron chi connectivity index (χ2n) is 6.01. The Balaban J connectivity index is 1.99. The number of rotatable bonds is 2. The lowest BCUT2D eigenvalue weighted by molar-refractivity contribution is -0.118. The normalized spacial score (nSPS) is 29.2. The van der Waals surface area contributed by atoms with Crippen LogP contribution < -0.4 is 15.5 Å². The molecule has 3 atom stereocenters. The van der Waals surface area contributed by atoms with Crippen LogP contribution in [0.1, 0.15) is 44.7 Å². The molecule has 0 spiro atoms. The van der Waals surface area contributed by atoms with Gasteiger partial charge in [-0.3, -0.25) is 4.79 Å². The lowest BCUT2D eigenvalue weighted by Gasteiger charge is -2.31. The number of hydrogen-bond donors (Lipinski definition) is 1. The SMILES string of the molecule is CCC1CCC(C)N1c1ccc2c(c1)N(C)C(=O)C2N. The first-order valence-corrected chi connectivity index (χ1v) is 7.50. The molecule has 4 heteroatoms. The van der Waals surface area contributed by atoms with Crippen molar-refractivity contribution in [1.29, 1.82) is 0 Å². The predicted molar refractivity (Wildman–Crippen MR) is 82.0 cm³/mol. The highest BCUT2D eigenvalue weighted by Crippen LogP contribution is 2.39. The molecule has 0 radical (unpaired) electrons. The van der Waals surface area contributed by atoms with E-state index >= 15 is 0 Å². The number of fused-ring (bicyclic) bond motifs is 1. The fourth-order valence-corrected chi connectivity index (χ4v) is 3.64. The second kappa shape index (κ2) is 4.77. The van der Waals surface area contributed by atoms with Crippen molar-refractivity contribution in [1.82, 2.24) is 0 Å². The molecule has 1 amide bonds. The predicted octanol–water partition coefficient (Wildman–Crippen LogP) is 2.43. The van der Waals surface area contributed by atoms with E-state index in [0.29, 0.717) is 12.1 Å². The van der Waals surface area contributed by atoms with Crippen LogP contribution in [0.25, 0.3) is 0 Å². The summed E-state index contributed by atoms with van der Waals surface area (Å²) in [5.41, 5.74) is 9.09. The van der Waals surface area contributed by atoms with Gasteiger partial charge in [0.2, 0.25) is 5.91 Å². The third kappa shape index (κ3) is 1.82. The summed E-state index contributed by atoms with van der Waals surface area (Å²) in [4.78, 5) is 16.2. The Bertz CT molecular complexity index is 543. The van der Waals surface area contributed by atoms with Crippen LogP contribution in [-0.2, 0) is 4.79 Å². The molecule has 2 aliphatic rings. The summed E-state index contributed by atoms with van der Waals surface area (Å²) in [7, 11) is 1.81. The van der Waals surface area contributed by atoms with Crippen LogP contribution in [0.5, 0.6) is 0 Å². The fraction of sp³-hybridized carbons (Fsp3) is 0.562. The van der Waals surface area contributed by atoms with Crippen molar-refractivity contribution in [2.24, 2.45) is 5.73 Å². The van der Waals surface area contributed by atoms with Crippen molar-refractivity contribution in [3.05, 3.63) is 23.8 Å². The van der Waals surface area contributed by atoms with E-state index in [0.717, 1.165) is 17.7 Å². The van der Waals surface area contributed by atoms with Crippen molar-refractivity contribution in [3.8, 4) is 0 Å². The van der Waals surface area contributed by atoms with Crippen LogP contribution in [0.3, 0.4) is 0 Å². The number of likely N-dealkylation sites (N-methyl/N-ethyl adjacent to an activating group) is 1. The van der Waals surface area contributed by atoms with Gasteiger partial charge in [0.1, 0.15) is 6.04 Å². The number of nitrogens with zero attached hydrogens (tertiary/aromatic N) is 2. The number of benzene rings is 1. The summed E-state index contributed by atoms with van der Waals surface area (Å²) in [5, 5.41) is 0. The van der Waals surface area contributed by atoms with E-state index in [1.807, 2.05) is 13.1 Å². The molecule has 0 aromatic heterocycles. The van der Waals surface area contributed by atoms with Gasteiger partial charge in [0.05, 0.1) is 5.69 Å². The molecule has 2 heterocycles. The Labute approximate surface area is 120 Å². The maximum Gasteiger partial charge on any atom is 0.248 e. The highest BCUT2D eigenvalue weighted by molar-refractivity contribution is 6.04. The summed E-state index contributed by atoms with van der Waals surface area (Å²) in [6, 6.07) is 6.95. The molecule has 0 saturated carbocycles. The maximum atomic E-state index is 12.0. The van der Waals surface area contributed by atoms with Crippen LogP contribution in [0.2, 0.25) is 0 Å². The van der Waals surface area contributed by atoms with Crippen LogP contribution in [-0.4, -0.2) is 25.0 Å². The average Bonchev–Trinajstić information content (AvgIpc) is 2.93. The minimum atomic E-state index is -0.498. The molecule has 3 rings (SSSR count). The van der Waals surface area contributed by atoms with E-state index in [1.165, 1.54) is 18.5 Å². The summed E-state index contributed by atoms with van der Waals surface area (Å²) in [6.07, 6.45) is 3.66. The molecule has 2 aliphatic heterocycles. The molecule has 108 valence electrons. The van der Waals surface area contributed by atoms with Gasteiger partial charge in [-0.05, 0) is 38.3 Å². The average molecular weight is 273 g/mol. The monoisotopic (exact) mass is 273 g/mol. The molecule has 1 aromatic carbocycles. The number of amides is 1. The minimum absolute atomic E-state index is 0.0151. The number of carbonyl (C=O) groups is 1. The lowest BCUT2D eigenvalue weighted by Crippen LogP contribution is -2.34. The first-order valence-electron chi connectivity index (χ1n) is 7.50. The molecule has 3 unspecified atom stereocenters. The molecular formula is C16H23N3O. The highest BCUT2D eigenvalue weighted by Gasteiger charge is 2.35. The zero-order valence-electron chi connectivity index (χ0n) is 12.5. The Morgan fingerprint density at radius 3 is 2.80 bits per heavy atom. The van der Waals surface area contributed by atoms with Crippen molar-refractivity contribution in [3.63, 3.8) is 0 Å². The molecule has 4 nitrogen and oxygen atoms in total. The van der Waals surface area contributed by atoms with Gasteiger partial charge in [-0.2, -0.15) is 0 Å². The summed E-state index contributed by atoms with van der Waals surface area (Å²) in [5.74, 6) is -0.0151. The number of carbonyl (C=O) groups excluding carboxylic acids is 1. The zero-order chi connectivity index (χ0) is 14.4. The van der Waals surface area contributed by atoms with Gasteiger partial charge in [-0.1, -0.05) is 13.0 Å². The van der Waals surface area contributed by atoms with E-state index in [4.69, 9.17) is 5.73 Å². The summed E-state index contributed by atoms with van der Waals surface area (Å²) >= 11 is 0. The maximum absolute atomic E-state index is 12.0. The molecular weight excluding hydrogens is 250 g/mol. The van der Waals surface area contributed by atoms with Crippen LogP contribution in [0.4, 0.5) is 11.4 Å². The van der Waals surface area contributed by atoms with Gasteiger partial charge >= 0.3 is 0 Å². The topological polar surface area (TPSA) is 49.6 Å². The summed E-state index contributed by atoms with van der Waals surface area (Å²) in [6.45, 7) is 4.53. The molecule has 1 fully saturated rings. The van der Waals surface area contributed by atoms with E-state index in [-0.39, 0.29) is 5.91 Å². The minimum Gasteiger partial charge on any atom is -0.366 e. The fourth-order valence-electron chi connectivity index (χ4n) is 3.64. The van der Waals surface area contributed by atoms with Gasteiger partial charge in [0, 0.05) is 30.4 Å².